The quantitative estimate of drug-likeness (QED) is 0.644. The van der Waals surface area contributed by atoms with Gasteiger partial charge >= 0.3 is 0 Å². The van der Waals surface area contributed by atoms with E-state index in [1.807, 2.05) is 0 Å². The molecule has 1 N–H and O–H groups in total. The summed E-state index contributed by atoms with van der Waals surface area (Å²) in [6.45, 7) is 3.16. The van der Waals surface area contributed by atoms with Gasteiger partial charge in [0.2, 0.25) is 0 Å². The fraction of sp³-hybridized carbons (Fsp3) is 0.538. The van der Waals surface area contributed by atoms with Gasteiger partial charge in [0.05, 0.1) is 11.6 Å². The van der Waals surface area contributed by atoms with Crippen LogP contribution in [0.5, 0.6) is 0 Å². The summed E-state index contributed by atoms with van der Waals surface area (Å²) in [6.07, 6.45) is 3.67. The summed E-state index contributed by atoms with van der Waals surface area (Å²) in [5.41, 5.74) is 0. The highest BCUT2D eigenvalue weighted by Crippen LogP contribution is 2.19. The lowest BCUT2D eigenvalue weighted by atomic mass is 10.1. The van der Waals surface area contributed by atoms with Crippen LogP contribution in [-0.2, 0) is 14.9 Å². The number of nitrogens with zero attached hydrogens (tertiary/aromatic N) is 1. The fourth-order valence-corrected chi connectivity index (χ4v) is 3.54. The summed E-state index contributed by atoms with van der Waals surface area (Å²) in [7, 11) is -3.72. The van der Waals surface area contributed by atoms with E-state index in [1.54, 1.807) is 12.1 Å². The standard InChI is InChI=1S/C13H19ClN2O3S/c14-12-6-2-3-7-13(12)20(17,18)15-19-11-10-16-8-4-1-5-9-16/h2-3,6-7,15H,1,4-5,8-11H2. The maximum Gasteiger partial charge on any atom is 0.263 e. The van der Waals surface area contributed by atoms with Gasteiger partial charge in [-0.15, -0.1) is 0 Å². The Morgan fingerprint density at radius 1 is 1.20 bits per heavy atom. The molecule has 7 heteroatoms. The number of hydrogen-bond acceptors (Lipinski definition) is 4. The number of piperidine rings is 1. The number of sulfonamides is 1. The molecular formula is C13H19ClN2O3S. The van der Waals surface area contributed by atoms with E-state index in [4.69, 9.17) is 16.4 Å². The predicted octanol–water partition coefficient (Wildman–Crippen LogP) is 2.04. The largest absolute Gasteiger partial charge is 0.301 e. The van der Waals surface area contributed by atoms with Crippen LogP contribution in [0.3, 0.4) is 0 Å². The number of rotatable bonds is 6. The molecule has 5 nitrogen and oxygen atoms in total. The Balaban J connectivity index is 1.79. The predicted molar refractivity (Wildman–Crippen MR) is 78.0 cm³/mol. The Hall–Kier alpha value is -0.660. The molecule has 0 spiro atoms. The second-order valence-electron chi connectivity index (χ2n) is 4.77. The van der Waals surface area contributed by atoms with Crippen LogP contribution in [0.1, 0.15) is 19.3 Å². The molecule has 1 fully saturated rings. The summed E-state index contributed by atoms with van der Waals surface area (Å²) in [4.78, 5) is 9.49. The lowest BCUT2D eigenvalue weighted by molar-refractivity contribution is 0.0656. The third kappa shape index (κ3) is 4.43. The van der Waals surface area contributed by atoms with Gasteiger partial charge in [0.1, 0.15) is 4.90 Å². The van der Waals surface area contributed by atoms with Crippen LogP contribution in [0.2, 0.25) is 5.02 Å². The van der Waals surface area contributed by atoms with Gasteiger partial charge in [-0.05, 0) is 38.1 Å². The van der Waals surface area contributed by atoms with Gasteiger partial charge < -0.3 is 4.90 Å². The topological polar surface area (TPSA) is 58.6 Å². The monoisotopic (exact) mass is 318 g/mol. The Labute approximate surface area is 124 Å². The molecule has 0 amide bonds. The molecule has 0 aliphatic carbocycles. The minimum Gasteiger partial charge on any atom is -0.301 e. The molecule has 2 rings (SSSR count). The Morgan fingerprint density at radius 3 is 2.60 bits per heavy atom. The molecule has 0 unspecified atom stereocenters. The second-order valence-corrected chi connectivity index (χ2v) is 6.79. The van der Waals surface area contributed by atoms with Crippen molar-refractivity contribution in [2.45, 2.75) is 24.2 Å². The van der Waals surface area contributed by atoms with Crippen molar-refractivity contribution in [1.29, 1.82) is 0 Å². The lowest BCUT2D eigenvalue weighted by Crippen LogP contribution is -2.35. The van der Waals surface area contributed by atoms with Gasteiger partial charge in [0.15, 0.2) is 0 Å². The van der Waals surface area contributed by atoms with Crippen molar-refractivity contribution in [1.82, 2.24) is 9.79 Å². The molecule has 1 saturated heterocycles. The molecule has 0 saturated carbocycles. The van der Waals surface area contributed by atoms with Crippen LogP contribution < -0.4 is 4.89 Å². The molecule has 0 radical (unpaired) electrons. The highest BCUT2D eigenvalue weighted by Gasteiger charge is 2.17. The van der Waals surface area contributed by atoms with E-state index < -0.39 is 10.0 Å². The van der Waals surface area contributed by atoms with E-state index >= 15 is 0 Å². The first-order chi connectivity index (χ1) is 9.59. The van der Waals surface area contributed by atoms with Crippen molar-refractivity contribution in [3.05, 3.63) is 29.3 Å². The zero-order valence-electron chi connectivity index (χ0n) is 11.2. The summed E-state index contributed by atoms with van der Waals surface area (Å²) in [5, 5.41) is 0.180. The van der Waals surface area contributed by atoms with E-state index in [2.05, 4.69) is 9.79 Å². The zero-order valence-corrected chi connectivity index (χ0v) is 12.8. The van der Waals surface area contributed by atoms with Crippen LogP contribution in [-0.4, -0.2) is 39.6 Å². The maximum absolute atomic E-state index is 12.0. The number of nitrogens with one attached hydrogen (secondary N) is 1. The summed E-state index contributed by atoms with van der Waals surface area (Å²) in [5.74, 6) is 0. The number of halogens is 1. The van der Waals surface area contributed by atoms with Crippen LogP contribution in [0.15, 0.2) is 29.2 Å². The van der Waals surface area contributed by atoms with Gasteiger partial charge in [0, 0.05) is 6.54 Å². The molecule has 112 valence electrons. The fourth-order valence-electron chi connectivity index (χ4n) is 2.18. The first-order valence-electron chi connectivity index (χ1n) is 6.70. The minimum atomic E-state index is -3.72. The zero-order chi connectivity index (χ0) is 14.4. The minimum absolute atomic E-state index is 0.0274. The van der Waals surface area contributed by atoms with Gasteiger partial charge in [-0.25, -0.2) is 8.42 Å². The third-order valence-corrected chi connectivity index (χ3v) is 4.97. The normalized spacial score (nSPS) is 17.2. The Morgan fingerprint density at radius 2 is 1.90 bits per heavy atom. The average molecular weight is 319 g/mol. The van der Waals surface area contributed by atoms with Crippen molar-refractivity contribution < 1.29 is 13.3 Å². The van der Waals surface area contributed by atoms with Gasteiger partial charge in [0.25, 0.3) is 10.0 Å². The van der Waals surface area contributed by atoms with Crippen molar-refractivity contribution in [2.75, 3.05) is 26.2 Å². The van der Waals surface area contributed by atoms with Crippen molar-refractivity contribution >= 4 is 21.6 Å². The summed E-state index contributed by atoms with van der Waals surface area (Å²) in [6, 6.07) is 6.27. The van der Waals surface area contributed by atoms with Gasteiger partial charge in [-0.3, -0.25) is 4.84 Å². The van der Waals surface area contributed by atoms with Crippen LogP contribution >= 0.6 is 11.6 Å². The summed E-state index contributed by atoms with van der Waals surface area (Å²) >= 11 is 5.86. The molecule has 1 aliphatic heterocycles. The van der Waals surface area contributed by atoms with Crippen molar-refractivity contribution in [3.63, 3.8) is 0 Å². The highest BCUT2D eigenvalue weighted by atomic mass is 35.5. The van der Waals surface area contributed by atoms with Gasteiger partial charge in [-0.2, -0.15) is 0 Å². The molecule has 0 atom stereocenters. The maximum atomic E-state index is 12.0. The first-order valence-corrected chi connectivity index (χ1v) is 8.56. The molecule has 20 heavy (non-hydrogen) atoms. The van der Waals surface area contributed by atoms with Gasteiger partial charge in [-0.1, -0.05) is 35.0 Å². The van der Waals surface area contributed by atoms with Crippen LogP contribution in [0.25, 0.3) is 0 Å². The number of likely N-dealkylation sites (tertiary alicyclic amines) is 1. The molecular weight excluding hydrogens is 300 g/mol. The third-order valence-electron chi connectivity index (χ3n) is 3.25. The Kier molecular flexibility index (Phi) is 5.80. The first kappa shape index (κ1) is 15.7. The second kappa shape index (κ2) is 7.38. The van der Waals surface area contributed by atoms with Crippen molar-refractivity contribution in [3.8, 4) is 0 Å². The SMILES string of the molecule is O=S(=O)(NOCCN1CCCCC1)c1ccccc1Cl. The molecule has 1 aromatic carbocycles. The molecule has 1 aromatic rings. The Bertz CT molecular complexity index is 530. The van der Waals surface area contributed by atoms with E-state index in [1.165, 1.54) is 31.4 Å². The van der Waals surface area contributed by atoms with Crippen LogP contribution in [0, 0.1) is 0 Å². The smallest absolute Gasteiger partial charge is 0.263 e. The molecule has 1 heterocycles. The summed E-state index contributed by atoms with van der Waals surface area (Å²) < 4.78 is 23.9. The van der Waals surface area contributed by atoms with E-state index in [0.717, 1.165) is 19.6 Å². The molecule has 0 bridgehead atoms. The van der Waals surface area contributed by atoms with E-state index in [0.29, 0.717) is 6.61 Å². The number of benzene rings is 1. The molecule has 0 aromatic heterocycles. The molecule has 1 aliphatic rings. The van der Waals surface area contributed by atoms with Crippen LogP contribution in [0.4, 0.5) is 0 Å². The lowest BCUT2D eigenvalue weighted by Gasteiger charge is -2.25. The van der Waals surface area contributed by atoms with Crippen molar-refractivity contribution in [2.24, 2.45) is 0 Å². The average Bonchev–Trinajstić information content (AvgIpc) is 2.45. The number of hydrogen-bond donors (Lipinski definition) is 1. The highest BCUT2D eigenvalue weighted by molar-refractivity contribution is 7.89. The van der Waals surface area contributed by atoms with E-state index in [-0.39, 0.29) is 9.92 Å². The van der Waals surface area contributed by atoms with E-state index in [9.17, 15) is 8.42 Å².